The van der Waals surface area contributed by atoms with Crippen molar-refractivity contribution in [1.29, 1.82) is 0 Å². The highest BCUT2D eigenvalue weighted by atomic mass is 16.6. The maximum Gasteiger partial charge on any atom is 0.410 e. The molecule has 0 spiro atoms. The second-order valence-electron chi connectivity index (χ2n) is 7.92. The fourth-order valence-electron chi connectivity index (χ4n) is 3.07. The second kappa shape index (κ2) is 9.17. The van der Waals surface area contributed by atoms with E-state index >= 15 is 0 Å². The van der Waals surface area contributed by atoms with Gasteiger partial charge in [-0.25, -0.2) is 4.79 Å². The van der Waals surface area contributed by atoms with Crippen LogP contribution in [0.2, 0.25) is 0 Å². The predicted molar refractivity (Wildman–Crippen MR) is 106 cm³/mol. The molecule has 1 atom stereocenters. The van der Waals surface area contributed by atoms with Crippen molar-refractivity contribution < 1.29 is 19.0 Å². The average Bonchev–Trinajstić information content (AvgIpc) is 2.59. The van der Waals surface area contributed by atoms with Crippen molar-refractivity contribution in [2.45, 2.75) is 45.8 Å². The van der Waals surface area contributed by atoms with E-state index in [-0.39, 0.29) is 12.1 Å². The number of amides is 1. The third-order valence-corrected chi connectivity index (χ3v) is 4.45. The number of carbonyl (C=O) groups is 1. The molecule has 1 aliphatic rings. The number of hydrogen-bond donors (Lipinski definition) is 1. The largest absolute Gasteiger partial charge is 0.493 e. The number of nitrogens with zero attached hydrogens (tertiary/aromatic N) is 2. The molecule has 152 valence electrons. The molecule has 1 heterocycles. The van der Waals surface area contributed by atoms with E-state index in [2.05, 4.69) is 11.8 Å². The summed E-state index contributed by atoms with van der Waals surface area (Å²) in [6.07, 6.45) is 0.664. The summed E-state index contributed by atoms with van der Waals surface area (Å²) >= 11 is 0. The number of carbonyl (C=O) groups excluding carboxylic acids is 1. The highest BCUT2D eigenvalue weighted by Crippen LogP contribution is 2.29. The summed E-state index contributed by atoms with van der Waals surface area (Å²) in [7, 11) is 1.60. The minimum absolute atomic E-state index is 0.229. The molecule has 1 aromatic rings. The molecule has 2 N–H and O–H groups in total. The minimum Gasteiger partial charge on any atom is -0.493 e. The number of nitrogen functional groups attached to an aromatic ring is 1. The molecule has 1 saturated heterocycles. The van der Waals surface area contributed by atoms with Crippen molar-refractivity contribution in [2.75, 3.05) is 45.6 Å². The quantitative estimate of drug-likeness (QED) is 0.605. The topological polar surface area (TPSA) is 77.3 Å². The van der Waals surface area contributed by atoms with E-state index in [1.807, 2.05) is 26.8 Å². The van der Waals surface area contributed by atoms with Crippen LogP contribution in [0.5, 0.6) is 11.5 Å². The van der Waals surface area contributed by atoms with Gasteiger partial charge in [-0.2, -0.15) is 0 Å². The minimum atomic E-state index is -0.460. The van der Waals surface area contributed by atoms with Gasteiger partial charge in [-0.15, -0.1) is 0 Å². The van der Waals surface area contributed by atoms with Crippen LogP contribution in [0.1, 0.15) is 34.1 Å². The Morgan fingerprint density at radius 2 is 2.00 bits per heavy atom. The van der Waals surface area contributed by atoms with Crippen LogP contribution in [0.25, 0.3) is 0 Å². The number of ether oxygens (including phenoxy) is 3. The first kappa shape index (κ1) is 21.2. The molecule has 2 rings (SSSR count). The SMILES string of the molecule is COc1cc(N)ccc1OCCCN1CCN(C(=O)OC(C)(C)C)CC1C. The lowest BCUT2D eigenvalue weighted by atomic mass is 10.2. The van der Waals surface area contributed by atoms with Crippen LogP contribution >= 0.6 is 0 Å². The molecule has 0 radical (unpaired) electrons. The van der Waals surface area contributed by atoms with Crippen molar-refractivity contribution in [2.24, 2.45) is 0 Å². The lowest BCUT2D eigenvalue weighted by Crippen LogP contribution is -2.54. The van der Waals surface area contributed by atoms with Crippen LogP contribution in [-0.2, 0) is 4.74 Å². The van der Waals surface area contributed by atoms with Crippen molar-refractivity contribution >= 4 is 11.8 Å². The lowest BCUT2D eigenvalue weighted by molar-refractivity contribution is 0.00523. The molecule has 1 aromatic carbocycles. The van der Waals surface area contributed by atoms with E-state index < -0.39 is 5.60 Å². The standard InChI is InChI=1S/C20H33N3O4/c1-15-14-23(19(24)27-20(2,3)4)11-10-22(15)9-6-12-26-17-8-7-16(21)13-18(17)25-5/h7-8,13,15H,6,9-12,14,21H2,1-5H3. The zero-order valence-electron chi connectivity index (χ0n) is 17.2. The van der Waals surface area contributed by atoms with Gasteiger partial charge in [0, 0.05) is 44.0 Å². The molecule has 1 unspecified atom stereocenters. The molecule has 1 aliphatic heterocycles. The van der Waals surface area contributed by atoms with E-state index in [4.69, 9.17) is 19.9 Å². The second-order valence-corrected chi connectivity index (χ2v) is 7.92. The smallest absolute Gasteiger partial charge is 0.410 e. The summed E-state index contributed by atoms with van der Waals surface area (Å²) in [5.41, 5.74) is 5.95. The molecular weight excluding hydrogens is 346 g/mol. The van der Waals surface area contributed by atoms with Gasteiger partial charge in [0.2, 0.25) is 0 Å². The molecule has 7 nitrogen and oxygen atoms in total. The fraction of sp³-hybridized carbons (Fsp3) is 0.650. The van der Waals surface area contributed by atoms with Gasteiger partial charge >= 0.3 is 6.09 Å². The van der Waals surface area contributed by atoms with Gasteiger partial charge in [-0.05, 0) is 46.2 Å². The molecule has 1 amide bonds. The molecule has 7 heteroatoms. The summed E-state index contributed by atoms with van der Waals surface area (Å²) in [5.74, 6) is 1.35. The Morgan fingerprint density at radius 3 is 2.63 bits per heavy atom. The maximum atomic E-state index is 12.2. The Balaban J connectivity index is 1.74. The summed E-state index contributed by atoms with van der Waals surface area (Å²) in [5, 5.41) is 0. The summed E-state index contributed by atoms with van der Waals surface area (Å²) in [6.45, 7) is 11.5. The highest BCUT2D eigenvalue weighted by Gasteiger charge is 2.29. The monoisotopic (exact) mass is 379 g/mol. The van der Waals surface area contributed by atoms with E-state index in [0.29, 0.717) is 36.9 Å². The van der Waals surface area contributed by atoms with Gasteiger partial charge < -0.3 is 24.8 Å². The van der Waals surface area contributed by atoms with Crippen LogP contribution in [-0.4, -0.2) is 67.4 Å². The van der Waals surface area contributed by atoms with Gasteiger partial charge in [0.25, 0.3) is 0 Å². The van der Waals surface area contributed by atoms with Gasteiger partial charge in [0.1, 0.15) is 5.60 Å². The number of nitrogens with two attached hydrogens (primary N) is 1. The van der Waals surface area contributed by atoms with Crippen molar-refractivity contribution in [3.63, 3.8) is 0 Å². The van der Waals surface area contributed by atoms with Crippen molar-refractivity contribution in [3.05, 3.63) is 18.2 Å². The summed E-state index contributed by atoms with van der Waals surface area (Å²) < 4.78 is 16.6. The van der Waals surface area contributed by atoms with Gasteiger partial charge in [-0.3, -0.25) is 4.90 Å². The first-order valence-corrected chi connectivity index (χ1v) is 9.48. The Labute approximate surface area is 162 Å². The zero-order chi connectivity index (χ0) is 20.0. The highest BCUT2D eigenvalue weighted by molar-refractivity contribution is 5.68. The van der Waals surface area contributed by atoms with Crippen LogP contribution in [0, 0.1) is 0 Å². The molecule has 1 fully saturated rings. The number of rotatable bonds is 6. The fourth-order valence-corrected chi connectivity index (χ4v) is 3.07. The number of benzene rings is 1. The number of hydrogen-bond acceptors (Lipinski definition) is 6. The molecule has 0 aliphatic carbocycles. The first-order valence-electron chi connectivity index (χ1n) is 9.48. The Bertz CT molecular complexity index is 630. The molecule has 0 saturated carbocycles. The molecule has 27 heavy (non-hydrogen) atoms. The summed E-state index contributed by atoms with van der Waals surface area (Å²) in [6, 6.07) is 5.68. The van der Waals surface area contributed by atoms with E-state index in [1.165, 1.54) is 0 Å². The van der Waals surface area contributed by atoms with E-state index in [9.17, 15) is 4.79 Å². The molecule has 0 aromatic heterocycles. The van der Waals surface area contributed by atoms with Gasteiger partial charge in [0.05, 0.1) is 13.7 Å². The van der Waals surface area contributed by atoms with Gasteiger partial charge in [-0.1, -0.05) is 0 Å². The third-order valence-electron chi connectivity index (χ3n) is 4.45. The van der Waals surface area contributed by atoms with Crippen molar-refractivity contribution in [3.8, 4) is 11.5 Å². The predicted octanol–water partition coefficient (Wildman–Crippen LogP) is 2.99. The van der Waals surface area contributed by atoms with Crippen LogP contribution < -0.4 is 15.2 Å². The Morgan fingerprint density at radius 1 is 1.26 bits per heavy atom. The van der Waals surface area contributed by atoms with E-state index in [1.54, 1.807) is 24.1 Å². The maximum absolute atomic E-state index is 12.2. The zero-order valence-corrected chi connectivity index (χ0v) is 17.2. The Hall–Kier alpha value is -2.15. The number of anilines is 1. The normalized spacial score (nSPS) is 18.3. The summed E-state index contributed by atoms with van der Waals surface area (Å²) in [4.78, 5) is 16.4. The number of piperazine rings is 1. The Kier molecular flexibility index (Phi) is 7.18. The van der Waals surface area contributed by atoms with Crippen LogP contribution in [0.3, 0.4) is 0 Å². The van der Waals surface area contributed by atoms with Crippen LogP contribution in [0.15, 0.2) is 18.2 Å². The van der Waals surface area contributed by atoms with Gasteiger partial charge in [0.15, 0.2) is 11.5 Å². The first-order chi connectivity index (χ1) is 12.7. The number of methoxy groups -OCH3 is 1. The molecular formula is C20H33N3O4. The third kappa shape index (κ3) is 6.50. The van der Waals surface area contributed by atoms with E-state index in [0.717, 1.165) is 19.5 Å². The average molecular weight is 380 g/mol. The van der Waals surface area contributed by atoms with Crippen molar-refractivity contribution in [1.82, 2.24) is 9.80 Å². The molecule has 0 bridgehead atoms. The lowest BCUT2D eigenvalue weighted by Gasteiger charge is -2.40. The van der Waals surface area contributed by atoms with Crippen LogP contribution in [0.4, 0.5) is 10.5 Å².